The third kappa shape index (κ3) is 4.22. The highest BCUT2D eigenvalue weighted by Crippen LogP contribution is 2.47. The fraction of sp³-hybridized carbons (Fsp3) is 0.211. The summed E-state index contributed by atoms with van der Waals surface area (Å²) in [6.45, 7) is 0.501. The van der Waals surface area contributed by atoms with Gasteiger partial charge in [0.25, 0.3) is 0 Å². The van der Waals surface area contributed by atoms with Gasteiger partial charge in [-0.3, -0.25) is 4.57 Å². The summed E-state index contributed by atoms with van der Waals surface area (Å²) in [5.41, 5.74) is 2.26. The van der Waals surface area contributed by atoms with Crippen molar-refractivity contribution in [2.45, 2.75) is 13.0 Å². The van der Waals surface area contributed by atoms with E-state index < -0.39 is 7.60 Å². The molecule has 0 fully saturated rings. The summed E-state index contributed by atoms with van der Waals surface area (Å²) in [6, 6.07) is 19.6. The van der Waals surface area contributed by atoms with Crippen LogP contribution in [0, 0.1) is 0 Å². The van der Waals surface area contributed by atoms with Gasteiger partial charge in [0.15, 0.2) is 0 Å². The standard InChI is InChI=1S/C19H21N2O4P/c1-23-26(22,24-2)19-18(20-14-16-11-7-4-8-12-16)25-17(21-19)13-15-9-5-3-6-10-15/h3-12,20H,13-14H2,1-2H3. The summed E-state index contributed by atoms with van der Waals surface area (Å²) in [6.07, 6.45) is 0.480. The van der Waals surface area contributed by atoms with Gasteiger partial charge in [-0.2, -0.15) is 0 Å². The Morgan fingerprint density at radius 1 is 0.962 bits per heavy atom. The second-order valence-electron chi connectivity index (χ2n) is 5.62. The summed E-state index contributed by atoms with van der Waals surface area (Å²) < 4.78 is 28.9. The number of rotatable bonds is 8. The third-order valence-electron chi connectivity index (χ3n) is 3.89. The van der Waals surface area contributed by atoms with E-state index in [1.807, 2.05) is 60.7 Å². The van der Waals surface area contributed by atoms with Crippen molar-refractivity contribution in [3.05, 3.63) is 77.7 Å². The lowest BCUT2D eigenvalue weighted by Crippen LogP contribution is -2.15. The van der Waals surface area contributed by atoms with Crippen LogP contribution in [0.5, 0.6) is 0 Å². The molecule has 0 bridgehead atoms. The number of oxazole rings is 1. The molecule has 0 aliphatic carbocycles. The minimum Gasteiger partial charge on any atom is -0.424 e. The van der Waals surface area contributed by atoms with Gasteiger partial charge in [0.2, 0.25) is 17.2 Å². The van der Waals surface area contributed by atoms with Crippen LogP contribution < -0.4 is 10.8 Å². The normalized spacial score (nSPS) is 11.5. The van der Waals surface area contributed by atoms with Crippen molar-refractivity contribution in [2.75, 3.05) is 19.5 Å². The van der Waals surface area contributed by atoms with Gasteiger partial charge in [-0.25, -0.2) is 4.98 Å². The zero-order valence-electron chi connectivity index (χ0n) is 14.7. The molecule has 0 spiro atoms. The Bertz CT molecular complexity index is 873. The lowest BCUT2D eigenvalue weighted by atomic mass is 10.2. The first-order chi connectivity index (χ1) is 12.6. The monoisotopic (exact) mass is 372 g/mol. The Hall–Kier alpha value is -2.40. The van der Waals surface area contributed by atoms with E-state index in [4.69, 9.17) is 13.5 Å². The molecule has 136 valence electrons. The Balaban J connectivity index is 1.88. The van der Waals surface area contributed by atoms with Gasteiger partial charge in [0, 0.05) is 27.2 Å². The Kier molecular flexibility index (Phi) is 5.89. The fourth-order valence-corrected chi connectivity index (χ4v) is 3.63. The quantitative estimate of drug-likeness (QED) is 0.603. The molecule has 1 aromatic heterocycles. The first kappa shape index (κ1) is 18.4. The van der Waals surface area contributed by atoms with Crippen LogP contribution in [0.4, 0.5) is 5.88 Å². The minimum atomic E-state index is -3.54. The number of benzene rings is 2. The van der Waals surface area contributed by atoms with Crippen molar-refractivity contribution in [3.63, 3.8) is 0 Å². The highest BCUT2D eigenvalue weighted by atomic mass is 31.2. The molecule has 3 aromatic rings. The van der Waals surface area contributed by atoms with Gasteiger partial charge in [0.05, 0.1) is 0 Å². The SMILES string of the molecule is COP(=O)(OC)c1nc(Cc2ccccc2)oc1NCc1ccccc1. The molecule has 0 amide bonds. The molecule has 0 aliphatic rings. The number of nitrogens with one attached hydrogen (secondary N) is 1. The maximum Gasteiger partial charge on any atom is 0.384 e. The minimum absolute atomic E-state index is 0.157. The van der Waals surface area contributed by atoms with Gasteiger partial charge in [-0.05, 0) is 11.1 Å². The summed E-state index contributed by atoms with van der Waals surface area (Å²) in [4.78, 5) is 4.39. The van der Waals surface area contributed by atoms with Crippen molar-refractivity contribution in [1.29, 1.82) is 0 Å². The Morgan fingerprint density at radius 3 is 2.12 bits per heavy atom. The molecule has 7 heteroatoms. The molecule has 0 saturated heterocycles. The van der Waals surface area contributed by atoms with Crippen LogP contribution in [-0.4, -0.2) is 19.2 Å². The molecular formula is C19H21N2O4P. The van der Waals surface area contributed by atoms with E-state index in [0.717, 1.165) is 11.1 Å². The molecule has 0 radical (unpaired) electrons. The molecule has 2 aromatic carbocycles. The van der Waals surface area contributed by atoms with Gasteiger partial charge >= 0.3 is 7.60 Å². The predicted octanol–water partition coefficient (Wildman–Crippen LogP) is 3.99. The molecule has 0 atom stereocenters. The maximum atomic E-state index is 12.8. The van der Waals surface area contributed by atoms with Crippen molar-refractivity contribution >= 4 is 18.9 Å². The van der Waals surface area contributed by atoms with Crippen LogP contribution in [-0.2, 0) is 26.6 Å². The van der Waals surface area contributed by atoms with E-state index in [0.29, 0.717) is 24.7 Å². The smallest absolute Gasteiger partial charge is 0.384 e. The maximum absolute atomic E-state index is 12.8. The molecule has 0 saturated carbocycles. The fourth-order valence-electron chi connectivity index (χ4n) is 2.53. The van der Waals surface area contributed by atoms with Crippen LogP contribution >= 0.6 is 7.60 Å². The first-order valence-corrected chi connectivity index (χ1v) is 9.72. The van der Waals surface area contributed by atoms with Crippen LogP contribution in [0.1, 0.15) is 17.0 Å². The second-order valence-corrected chi connectivity index (χ2v) is 7.77. The van der Waals surface area contributed by atoms with E-state index in [2.05, 4.69) is 10.3 Å². The largest absolute Gasteiger partial charge is 0.424 e. The zero-order valence-corrected chi connectivity index (χ0v) is 15.6. The van der Waals surface area contributed by atoms with E-state index in [1.54, 1.807) is 0 Å². The van der Waals surface area contributed by atoms with E-state index >= 15 is 0 Å². The summed E-state index contributed by atoms with van der Waals surface area (Å²) >= 11 is 0. The number of hydrogen-bond donors (Lipinski definition) is 1. The first-order valence-electron chi connectivity index (χ1n) is 8.18. The van der Waals surface area contributed by atoms with Crippen molar-refractivity contribution in [3.8, 4) is 0 Å². The van der Waals surface area contributed by atoms with Crippen molar-refractivity contribution < 1.29 is 18.0 Å². The zero-order chi connectivity index (χ0) is 18.4. The average Bonchev–Trinajstić information content (AvgIpc) is 3.10. The Labute approximate surface area is 152 Å². The van der Waals surface area contributed by atoms with E-state index in [1.165, 1.54) is 14.2 Å². The summed E-state index contributed by atoms with van der Waals surface area (Å²) in [5, 5.41) is 3.15. The second kappa shape index (κ2) is 8.32. The van der Waals surface area contributed by atoms with Crippen LogP contribution in [0.25, 0.3) is 0 Å². The van der Waals surface area contributed by atoms with Gasteiger partial charge in [-0.15, -0.1) is 0 Å². The molecular weight excluding hydrogens is 351 g/mol. The summed E-state index contributed by atoms with van der Waals surface area (Å²) in [5.74, 6) is 0.739. The van der Waals surface area contributed by atoms with Crippen molar-refractivity contribution in [1.82, 2.24) is 4.98 Å². The molecule has 3 rings (SSSR count). The molecule has 1 heterocycles. The Morgan fingerprint density at radius 2 is 1.54 bits per heavy atom. The van der Waals surface area contributed by atoms with Crippen LogP contribution in [0.3, 0.4) is 0 Å². The number of hydrogen-bond acceptors (Lipinski definition) is 6. The lowest BCUT2D eigenvalue weighted by Gasteiger charge is -2.12. The molecule has 6 nitrogen and oxygen atoms in total. The van der Waals surface area contributed by atoms with E-state index in [9.17, 15) is 4.57 Å². The topological polar surface area (TPSA) is 73.6 Å². The summed E-state index contributed by atoms with van der Waals surface area (Å²) in [7, 11) is -0.883. The number of nitrogens with zero attached hydrogens (tertiary/aromatic N) is 1. The lowest BCUT2D eigenvalue weighted by molar-refractivity contribution is 0.286. The highest BCUT2D eigenvalue weighted by Gasteiger charge is 2.34. The molecule has 0 unspecified atom stereocenters. The number of anilines is 1. The average molecular weight is 372 g/mol. The van der Waals surface area contributed by atoms with E-state index in [-0.39, 0.29) is 5.44 Å². The van der Waals surface area contributed by atoms with Gasteiger partial charge in [0.1, 0.15) is 0 Å². The van der Waals surface area contributed by atoms with Gasteiger partial charge in [-0.1, -0.05) is 60.7 Å². The van der Waals surface area contributed by atoms with Crippen LogP contribution in [0.15, 0.2) is 65.1 Å². The van der Waals surface area contributed by atoms with Crippen molar-refractivity contribution in [2.24, 2.45) is 0 Å². The molecule has 0 aliphatic heterocycles. The molecule has 26 heavy (non-hydrogen) atoms. The number of aromatic nitrogens is 1. The highest BCUT2D eigenvalue weighted by molar-refractivity contribution is 7.62. The molecule has 1 N–H and O–H groups in total. The third-order valence-corrected chi connectivity index (χ3v) is 5.67. The van der Waals surface area contributed by atoms with Gasteiger partial charge < -0.3 is 18.8 Å². The predicted molar refractivity (Wildman–Crippen MR) is 101 cm³/mol. The van der Waals surface area contributed by atoms with Crippen LogP contribution in [0.2, 0.25) is 0 Å².